The fourth-order valence-electron chi connectivity index (χ4n) is 3.83. The largest absolute Gasteiger partial charge is 0.494 e. The van der Waals surface area contributed by atoms with Gasteiger partial charge in [-0.25, -0.2) is 17.5 Å². The Balaban J connectivity index is 1.58. The minimum Gasteiger partial charge on any atom is -0.494 e. The van der Waals surface area contributed by atoms with Crippen molar-refractivity contribution in [2.24, 2.45) is 0 Å². The molecule has 0 spiro atoms. The van der Waals surface area contributed by atoms with Crippen molar-refractivity contribution in [2.75, 3.05) is 7.11 Å². The Bertz CT molecular complexity index is 1620. The van der Waals surface area contributed by atoms with Crippen LogP contribution in [0.5, 0.6) is 5.75 Å². The molecule has 1 aromatic heterocycles. The lowest BCUT2D eigenvalue weighted by Crippen LogP contribution is -2.34. The number of nitrogens with zero attached hydrogens (tertiary/aromatic N) is 3. The van der Waals surface area contributed by atoms with Crippen LogP contribution in [0.15, 0.2) is 70.4 Å². The van der Waals surface area contributed by atoms with E-state index < -0.39 is 38.9 Å². The second-order valence-electron chi connectivity index (χ2n) is 8.17. The first-order valence-corrected chi connectivity index (χ1v) is 12.4. The van der Waals surface area contributed by atoms with Crippen molar-refractivity contribution in [1.82, 2.24) is 15.0 Å². The highest BCUT2D eigenvalue weighted by molar-refractivity contribution is 7.92. The summed E-state index contributed by atoms with van der Waals surface area (Å²) in [4.78, 5) is 24.5. The van der Waals surface area contributed by atoms with Gasteiger partial charge in [0.05, 0.1) is 17.4 Å². The fourth-order valence-corrected chi connectivity index (χ4v) is 5.36. The molecule has 0 radical (unpaired) electrons. The van der Waals surface area contributed by atoms with Crippen LogP contribution in [0.3, 0.4) is 0 Å². The van der Waals surface area contributed by atoms with E-state index in [2.05, 4.69) is 10.3 Å². The smallest absolute Gasteiger partial charge is 0.322 e. The molecule has 3 aromatic carbocycles. The van der Waals surface area contributed by atoms with Gasteiger partial charge < -0.3 is 9.84 Å². The zero-order chi connectivity index (χ0) is 26.0. The molecule has 0 aliphatic carbocycles. The van der Waals surface area contributed by atoms with Crippen LogP contribution in [0.4, 0.5) is 4.39 Å². The zero-order valence-corrected chi connectivity index (χ0v) is 20.2. The average Bonchev–Trinajstić information content (AvgIpc) is 2.85. The van der Waals surface area contributed by atoms with Crippen LogP contribution in [0.1, 0.15) is 12.0 Å². The molecule has 0 amide bonds. The van der Waals surface area contributed by atoms with E-state index in [4.69, 9.17) is 4.74 Å². The van der Waals surface area contributed by atoms with Crippen molar-refractivity contribution in [1.29, 1.82) is 0 Å². The third-order valence-electron chi connectivity index (χ3n) is 5.80. The Morgan fingerprint density at radius 3 is 2.42 bits per heavy atom. The van der Waals surface area contributed by atoms with E-state index >= 15 is 0 Å². The van der Waals surface area contributed by atoms with E-state index in [1.807, 2.05) is 6.92 Å². The summed E-state index contributed by atoms with van der Waals surface area (Å²) in [5.41, 5.74) is 1.78. The van der Waals surface area contributed by atoms with E-state index in [1.54, 1.807) is 24.3 Å². The quantitative estimate of drug-likeness (QED) is 0.382. The molecule has 0 saturated heterocycles. The van der Waals surface area contributed by atoms with Gasteiger partial charge in [-0.1, -0.05) is 35.0 Å². The molecule has 0 aliphatic rings. The van der Waals surface area contributed by atoms with E-state index in [1.165, 1.54) is 43.5 Å². The molecule has 0 fully saturated rings. The maximum absolute atomic E-state index is 14.0. The molecule has 1 unspecified atom stereocenters. The third-order valence-corrected chi connectivity index (χ3v) is 7.91. The number of aliphatic carboxylic acids is 1. The summed E-state index contributed by atoms with van der Waals surface area (Å²) >= 11 is 0. The number of carboxylic acids is 1. The summed E-state index contributed by atoms with van der Waals surface area (Å²) in [6, 6.07) is 14.9. The van der Waals surface area contributed by atoms with Gasteiger partial charge in [-0.05, 0) is 60.9 Å². The molecule has 1 N–H and O–H groups in total. The summed E-state index contributed by atoms with van der Waals surface area (Å²) in [5.74, 6) is -2.04. The third kappa shape index (κ3) is 4.82. The van der Waals surface area contributed by atoms with Crippen molar-refractivity contribution in [3.8, 4) is 16.9 Å². The van der Waals surface area contributed by atoms with Gasteiger partial charge in [-0.3, -0.25) is 9.59 Å². The Kier molecular flexibility index (Phi) is 6.84. The standard InChI is InChI=1S/C25H22FN3O6S/c1-15-3-9-21-19(13-15)24(30)29(28-27-21)12-11-23(25(31)32)36(33,34)18-7-4-16(5-8-18)17-6-10-22(35-2)20(26)14-17/h3-10,13-14,23H,11-12H2,1-2H3,(H,31,32). The summed E-state index contributed by atoms with van der Waals surface area (Å²) in [6.07, 6.45) is -0.394. The zero-order valence-electron chi connectivity index (χ0n) is 19.4. The van der Waals surface area contributed by atoms with Gasteiger partial charge in [0, 0.05) is 6.54 Å². The van der Waals surface area contributed by atoms with Crippen molar-refractivity contribution in [2.45, 2.75) is 30.0 Å². The first-order chi connectivity index (χ1) is 17.1. The second kappa shape index (κ2) is 9.86. The van der Waals surface area contributed by atoms with E-state index in [9.17, 15) is 27.5 Å². The Morgan fingerprint density at radius 1 is 1.08 bits per heavy atom. The highest BCUT2D eigenvalue weighted by Crippen LogP contribution is 2.28. The maximum Gasteiger partial charge on any atom is 0.322 e. The number of benzene rings is 3. The number of rotatable bonds is 8. The lowest BCUT2D eigenvalue weighted by atomic mass is 10.1. The van der Waals surface area contributed by atoms with Gasteiger partial charge in [-0.15, -0.1) is 5.10 Å². The first kappa shape index (κ1) is 25.0. The van der Waals surface area contributed by atoms with E-state index in [0.29, 0.717) is 22.0 Å². The van der Waals surface area contributed by atoms with Crippen LogP contribution >= 0.6 is 0 Å². The Labute approximate surface area is 205 Å². The molecule has 9 nitrogen and oxygen atoms in total. The number of halogens is 1. The predicted octanol–water partition coefficient (Wildman–Crippen LogP) is 3.23. The van der Waals surface area contributed by atoms with Crippen LogP contribution in [0.2, 0.25) is 0 Å². The molecule has 0 aliphatic heterocycles. The van der Waals surface area contributed by atoms with E-state index in [-0.39, 0.29) is 17.2 Å². The molecular formula is C25H22FN3O6S. The van der Waals surface area contributed by atoms with Gasteiger partial charge in [0.25, 0.3) is 5.56 Å². The predicted molar refractivity (Wildman–Crippen MR) is 130 cm³/mol. The monoisotopic (exact) mass is 511 g/mol. The van der Waals surface area contributed by atoms with E-state index in [0.717, 1.165) is 10.2 Å². The number of methoxy groups -OCH3 is 1. The van der Waals surface area contributed by atoms with Gasteiger partial charge >= 0.3 is 5.97 Å². The maximum atomic E-state index is 14.0. The minimum atomic E-state index is -4.31. The average molecular weight is 512 g/mol. The number of ether oxygens (including phenoxy) is 1. The molecule has 4 rings (SSSR count). The van der Waals surface area contributed by atoms with Gasteiger partial charge in [0.1, 0.15) is 5.52 Å². The number of carboxylic acid groups (broad SMARTS) is 1. The summed E-state index contributed by atoms with van der Waals surface area (Å²) in [5, 5.41) is 16.0. The lowest BCUT2D eigenvalue weighted by molar-refractivity contribution is -0.136. The number of aryl methyl sites for hydroxylation is 2. The van der Waals surface area contributed by atoms with Crippen LogP contribution in [0.25, 0.3) is 22.0 Å². The molecule has 0 saturated carbocycles. The molecule has 1 heterocycles. The fraction of sp³-hybridized carbons (Fsp3) is 0.200. The van der Waals surface area contributed by atoms with Crippen molar-refractivity contribution in [3.05, 3.63) is 82.4 Å². The number of sulfone groups is 1. The normalized spacial score (nSPS) is 12.4. The number of hydrogen-bond acceptors (Lipinski definition) is 7. The molecule has 0 bridgehead atoms. The van der Waals surface area contributed by atoms with Gasteiger partial charge in [0.2, 0.25) is 0 Å². The summed E-state index contributed by atoms with van der Waals surface area (Å²) in [7, 11) is -2.96. The molecule has 4 aromatic rings. The van der Waals surface area contributed by atoms with Crippen LogP contribution in [-0.2, 0) is 21.2 Å². The number of aromatic nitrogens is 3. The summed E-state index contributed by atoms with van der Waals surface area (Å²) < 4.78 is 46.2. The van der Waals surface area contributed by atoms with Crippen molar-refractivity contribution < 1.29 is 27.4 Å². The highest BCUT2D eigenvalue weighted by Gasteiger charge is 2.34. The first-order valence-electron chi connectivity index (χ1n) is 10.9. The second-order valence-corrected chi connectivity index (χ2v) is 10.3. The van der Waals surface area contributed by atoms with Gasteiger partial charge in [0.15, 0.2) is 26.7 Å². The van der Waals surface area contributed by atoms with Crippen molar-refractivity contribution >= 4 is 26.7 Å². The molecule has 11 heteroatoms. The van der Waals surface area contributed by atoms with Crippen LogP contribution in [-0.4, -0.2) is 46.8 Å². The van der Waals surface area contributed by atoms with Gasteiger partial charge in [-0.2, -0.15) is 0 Å². The SMILES string of the molecule is COc1ccc(-c2ccc(S(=O)(=O)C(CCn3nnc4ccc(C)cc4c3=O)C(=O)O)cc2)cc1F. The molecular weight excluding hydrogens is 489 g/mol. The van der Waals surface area contributed by atoms with Crippen molar-refractivity contribution in [3.63, 3.8) is 0 Å². The molecule has 1 atom stereocenters. The van der Waals surface area contributed by atoms with Crippen LogP contribution in [0, 0.1) is 12.7 Å². The minimum absolute atomic E-state index is 0.0765. The topological polar surface area (TPSA) is 128 Å². The summed E-state index contributed by atoms with van der Waals surface area (Å²) in [6.45, 7) is 1.56. The molecule has 186 valence electrons. The lowest BCUT2D eigenvalue weighted by Gasteiger charge is -2.15. The Morgan fingerprint density at radius 2 is 1.78 bits per heavy atom. The number of fused-ring (bicyclic) bond motifs is 1. The van der Waals surface area contributed by atoms with Crippen LogP contribution < -0.4 is 10.3 Å². The molecule has 36 heavy (non-hydrogen) atoms. The highest BCUT2D eigenvalue weighted by atomic mass is 32.2. The number of carbonyl (C=O) groups is 1. The Hall–Kier alpha value is -4.12. The number of hydrogen-bond donors (Lipinski definition) is 1.